The molecule has 0 fully saturated rings. The summed E-state index contributed by atoms with van der Waals surface area (Å²) in [7, 11) is 0. The molecule has 184 valence electrons. The number of benzene rings is 7. The van der Waals surface area contributed by atoms with Crippen LogP contribution in [0.1, 0.15) is 5.56 Å². The monoisotopic (exact) mass is 505 g/mol. The maximum atomic E-state index is 9.38. The topological polar surface area (TPSA) is 23.8 Å². The molecule has 1 heteroatoms. The lowest BCUT2D eigenvalue weighted by molar-refractivity contribution is 1.48. The minimum Gasteiger partial charge on any atom is -0.192 e. The van der Waals surface area contributed by atoms with Gasteiger partial charge < -0.3 is 0 Å². The third kappa shape index (κ3) is 3.34. The van der Waals surface area contributed by atoms with Crippen LogP contribution in [0.25, 0.3) is 77.2 Å². The average Bonchev–Trinajstić information content (AvgIpc) is 3.36. The number of fused-ring (bicyclic) bond motifs is 4. The zero-order valence-corrected chi connectivity index (χ0v) is 21.7. The Hall–Kier alpha value is -5.45. The van der Waals surface area contributed by atoms with E-state index in [0.29, 0.717) is 5.56 Å². The highest BCUT2D eigenvalue weighted by Crippen LogP contribution is 2.50. The largest absolute Gasteiger partial charge is 0.192 e. The molecule has 0 saturated carbocycles. The van der Waals surface area contributed by atoms with E-state index in [-0.39, 0.29) is 0 Å². The number of hydrogen-bond donors (Lipinski definition) is 0. The highest BCUT2D eigenvalue weighted by molar-refractivity contribution is 6.20. The van der Waals surface area contributed by atoms with Crippen molar-refractivity contribution in [1.29, 1.82) is 5.26 Å². The summed E-state index contributed by atoms with van der Waals surface area (Å²) in [5, 5.41) is 14.5. The van der Waals surface area contributed by atoms with Crippen molar-refractivity contribution in [2.75, 3.05) is 0 Å². The predicted octanol–water partition coefficient (Wildman–Crippen LogP) is 10.5. The molecule has 0 spiro atoms. The maximum absolute atomic E-state index is 9.38. The van der Waals surface area contributed by atoms with Gasteiger partial charge in [0.15, 0.2) is 0 Å². The molecular formula is C39H23N. The first-order valence-corrected chi connectivity index (χ1v) is 13.6. The molecule has 1 aliphatic carbocycles. The highest BCUT2D eigenvalue weighted by atomic mass is 14.3. The Kier molecular flexibility index (Phi) is 4.96. The van der Waals surface area contributed by atoms with E-state index >= 15 is 0 Å². The van der Waals surface area contributed by atoms with Gasteiger partial charge >= 0.3 is 0 Å². The van der Waals surface area contributed by atoms with E-state index in [0.717, 1.165) is 11.1 Å². The molecule has 0 unspecified atom stereocenters. The summed E-state index contributed by atoms with van der Waals surface area (Å²) < 4.78 is 0. The average molecular weight is 506 g/mol. The van der Waals surface area contributed by atoms with Gasteiger partial charge in [0.25, 0.3) is 0 Å². The van der Waals surface area contributed by atoms with E-state index in [1.54, 1.807) is 0 Å². The molecule has 0 aliphatic heterocycles. The van der Waals surface area contributed by atoms with Crippen molar-refractivity contribution in [2.45, 2.75) is 0 Å². The van der Waals surface area contributed by atoms with Gasteiger partial charge in [0.2, 0.25) is 0 Å². The van der Waals surface area contributed by atoms with Crippen molar-refractivity contribution in [3.8, 4) is 61.7 Å². The van der Waals surface area contributed by atoms with Crippen LogP contribution < -0.4 is 0 Å². The molecule has 8 rings (SSSR count). The van der Waals surface area contributed by atoms with E-state index in [1.807, 2.05) is 18.2 Å². The van der Waals surface area contributed by atoms with E-state index < -0.39 is 0 Å². The summed E-state index contributed by atoms with van der Waals surface area (Å²) in [5.74, 6) is 0. The van der Waals surface area contributed by atoms with Crippen molar-refractivity contribution < 1.29 is 0 Å². The molecule has 0 amide bonds. The molecule has 40 heavy (non-hydrogen) atoms. The Morgan fingerprint density at radius 3 is 1.62 bits per heavy atom. The normalized spacial score (nSPS) is 11.5. The molecular weight excluding hydrogens is 482 g/mol. The molecule has 0 atom stereocenters. The SMILES string of the molecule is N#Cc1cccc(-c2cccc(-c3ccc(-c4ccc5c6c(cccc46)-c4ccccc4-5)c4ccccc34)c2)c1. The van der Waals surface area contributed by atoms with E-state index in [4.69, 9.17) is 0 Å². The van der Waals surface area contributed by atoms with Gasteiger partial charge in [-0.05, 0) is 95.4 Å². The zero-order chi connectivity index (χ0) is 26.6. The van der Waals surface area contributed by atoms with Gasteiger partial charge in [0.1, 0.15) is 0 Å². The van der Waals surface area contributed by atoms with Crippen molar-refractivity contribution in [3.05, 3.63) is 145 Å². The summed E-state index contributed by atoms with van der Waals surface area (Å²) in [4.78, 5) is 0. The van der Waals surface area contributed by atoms with Gasteiger partial charge in [-0.1, -0.05) is 121 Å². The van der Waals surface area contributed by atoms with Crippen LogP contribution in [-0.2, 0) is 0 Å². The van der Waals surface area contributed by atoms with Crippen molar-refractivity contribution in [3.63, 3.8) is 0 Å². The quantitative estimate of drug-likeness (QED) is 0.234. The first-order valence-electron chi connectivity index (χ1n) is 13.6. The lowest BCUT2D eigenvalue weighted by Gasteiger charge is -2.15. The Morgan fingerprint density at radius 2 is 0.850 bits per heavy atom. The van der Waals surface area contributed by atoms with Crippen LogP contribution in [0.4, 0.5) is 0 Å². The van der Waals surface area contributed by atoms with Gasteiger partial charge in [-0.25, -0.2) is 0 Å². The van der Waals surface area contributed by atoms with Crippen LogP contribution in [0.5, 0.6) is 0 Å². The van der Waals surface area contributed by atoms with E-state index in [2.05, 4.69) is 127 Å². The minimum absolute atomic E-state index is 0.672. The summed E-state index contributed by atoms with van der Waals surface area (Å²) >= 11 is 0. The van der Waals surface area contributed by atoms with E-state index in [1.165, 1.54) is 66.1 Å². The second-order valence-electron chi connectivity index (χ2n) is 10.4. The number of hydrogen-bond acceptors (Lipinski definition) is 1. The molecule has 1 nitrogen and oxygen atoms in total. The number of nitrogens with zero attached hydrogens (tertiary/aromatic N) is 1. The van der Waals surface area contributed by atoms with E-state index in [9.17, 15) is 5.26 Å². The predicted molar refractivity (Wildman–Crippen MR) is 167 cm³/mol. The fourth-order valence-corrected chi connectivity index (χ4v) is 6.46. The second kappa shape index (κ2) is 8.80. The molecule has 0 radical (unpaired) electrons. The van der Waals surface area contributed by atoms with Crippen LogP contribution in [0.2, 0.25) is 0 Å². The Labute approximate surface area is 233 Å². The molecule has 0 heterocycles. The lowest BCUT2D eigenvalue weighted by atomic mass is 9.88. The van der Waals surface area contributed by atoms with Crippen molar-refractivity contribution in [2.24, 2.45) is 0 Å². The Morgan fingerprint density at radius 1 is 0.350 bits per heavy atom. The molecule has 7 aromatic rings. The first kappa shape index (κ1) is 22.5. The third-order valence-electron chi connectivity index (χ3n) is 8.26. The van der Waals surface area contributed by atoms with Crippen molar-refractivity contribution in [1.82, 2.24) is 0 Å². The van der Waals surface area contributed by atoms with Gasteiger partial charge in [-0.15, -0.1) is 0 Å². The first-order chi connectivity index (χ1) is 19.8. The molecule has 0 bridgehead atoms. The van der Waals surface area contributed by atoms with Gasteiger partial charge in [0, 0.05) is 0 Å². The standard InChI is InChI=1S/C39H23N/c40-24-25-8-5-9-26(22-25)27-10-6-11-28(23-27)29-18-19-34(31-13-2-1-12-30(29)31)35-20-21-38-33-15-4-3-14-32(33)36-16-7-17-37(35)39(36)38/h1-23H. The number of nitriles is 1. The van der Waals surface area contributed by atoms with Crippen LogP contribution in [0.3, 0.4) is 0 Å². The summed E-state index contributed by atoms with van der Waals surface area (Å²) in [6.07, 6.45) is 0. The Balaban J connectivity index is 1.31. The van der Waals surface area contributed by atoms with Gasteiger partial charge in [-0.2, -0.15) is 5.26 Å². The van der Waals surface area contributed by atoms with Gasteiger partial charge in [-0.3, -0.25) is 0 Å². The van der Waals surface area contributed by atoms with Gasteiger partial charge in [0.05, 0.1) is 11.6 Å². The summed E-state index contributed by atoms with van der Waals surface area (Å²) in [6.45, 7) is 0. The number of rotatable bonds is 3. The van der Waals surface area contributed by atoms with Crippen LogP contribution in [0, 0.1) is 11.3 Å². The van der Waals surface area contributed by atoms with Crippen LogP contribution in [-0.4, -0.2) is 0 Å². The third-order valence-corrected chi connectivity index (χ3v) is 8.26. The molecule has 0 aromatic heterocycles. The smallest absolute Gasteiger partial charge is 0.0991 e. The van der Waals surface area contributed by atoms with Crippen molar-refractivity contribution >= 4 is 21.5 Å². The highest BCUT2D eigenvalue weighted by Gasteiger charge is 2.22. The van der Waals surface area contributed by atoms with Crippen LogP contribution >= 0.6 is 0 Å². The second-order valence-corrected chi connectivity index (χ2v) is 10.4. The molecule has 1 aliphatic rings. The summed E-state index contributed by atoms with van der Waals surface area (Å²) in [6, 6.07) is 52.0. The fraction of sp³-hybridized carbons (Fsp3) is 0. The minimum atomic E-state index is 0.672. The summed E-state index contributed by atoms with van der Waals surface area (Å²) in [5.41, 5.74) is 13.0. The van der Waals surface area contributed by atoms with Crippen LogP contribution in [0.15, 0.2) is 140 Å². The maximum Gasteiger partial charge on any atom is 0.0991 e. The lowest BCUT2D eigenvalue weighted by Crippen LogP contribution is -1.89. The molecule has 0 N–H and O–H groups in total. The molecule has 7 aromatic carbocycles. The zero-order valence-electron chi connectivity index (χ0n) is 21.7. The molecule has 0 saturated heterocycles. The Bertz CT molecular complexity index is 2150. The fourth-order valence-electron chi connectivity index (χ4n) is 6.46.